The van der Waals surface area contributed by atoms with Gasteiger partial charge in [0.1, 0.15) is 17.0 Å². The Hall–Kier alpha value is -4.45. The van der Waals surface area contributed by atoms with Gasteiger partial charge in [0.2, 0.25) is 5.91 Å². The number of anilines is 2. The van der Waals surface area contributed by atoms with Crippen LogP contribution in [0.3, 0.4) is 0 Å². The standard InChI is InChI=1S/C27H29FN10O/c1-27(2,3)26(39)32-16-11-15(12-29-13-16)17-14-31-23-19(20(17)28)22(35-36-23)25-33-21-18(5-6-30-24(21)34-25)38-9-7-37(4)8-10-38/h5-6,11-14H,7-10H2,1-4H3,(H,32,39)(H,30,33,34)(H,31,35,36). The third-order valence-corrected chi connectivity index (χ3v) is 6.96. The van der Waals surface area contributed by atoms with Crippen LogP contribution in [0.4, 0.5) is 15.8 Å². The van der Waals surface area contributed by atoms with E-state index in [4.69, 9.17) is 0 Å². The van der Waals surface area contributed by atoms with E-state index >= 15 is 4.39 Å². The van der Waals surface area contributed by atoms with Gasteiger partial charge in [0.25, 0.3) is 0 Å². The van der Waals surface area contributed by atoms with Crippen LogP contribution in [0.25, 0.3) is 44.8 Å². The van der Waals surface area contributed by atoms with Crippen molar-refractivity contribution in [3.8, 4) is 22.6 Å². The lowest BCUT2D eigenvalue weighted by atomic mass is 9.95. The van der Waals surface area contributed by atoms with Crippen LogP contribution in [0, 0.1) is 11.2 Å². The first-order chi connectivity index (χ1) is 18.7. The Morgan fingerprint density at radius 2 is 1.87 bits per heavy atom. The topological polar surface area (TPSA) is 132 Å². The number of nitrogens with one attached hydrogen (secondary N) is 3. The van der Waals surface area contributed by atoms with Crippen LogP contribution < -0.4 is 10.2 Å². The number of aromatic amines is 2. The highest BCUT2D eigenvalue weighted by Gasteiger charge is 2.24. The van der Waals surface area contributed by atoms with Gasteiger partial charge in [-0.3, -0.25) is 14.9 Å². The molecule has 0 unspecified atom stereocenters. The van der Waals surface area contributed by atoms with Gasteiger partial charge in [0.05, 0.1) is 23.0 Å². The van der Waals surface area contributed by atoms with Gasteiger partial charge in [-0.05, 0) is 19.2 Å². The van der Waals surface area contributed by atoms with Crippen molar-refractivity contribution < 1.29 is 9.18 Å². The molecule has 11 nitrogen and oxygen atoms in total. The number of nitrogens with zero attached hydrogens (tertiary/aromatic N) is 7. The van der Waals surface area contributed by atoms with E-state index in [0.717, 1.165) is 37.4 Å². The SMILES string of the molecule is CN1CCN(c2ccnc3nc(-c4[nH]nc5ncc(-c6cncc(NC(=O)C(C)(C)C)c6)c(F)c45)[nH]c23)CC1. The molecule has 6 heterocycles. The van der Waals surface area contributed by atoms with Crippen molar-refractivity contribution >= 4 is 39.5 Å². The van der Waals surface area contributed by atoms with Crippen LogP contribution in [-0.2, 0) is 4.79 Å². The summed E-state index contributed by atoms with van der Waals surface area (Å²) < 4.78 is 16.1. The van der Waals surface area contributed by atoms with Crippen LogP contribution in [-0.4, -0.2) is 79.2 Å². The van der Waals surface area contributed by atoms with Crippen LogP contribution >= 0.6 is 0 Å². The highest BCUT2D eigenvalue weighted by atomic mass is 19.1. The lowest BCUT2D eigenvalue weighted by Gasteiger charge is -2.34. The largest absolute Gasteiger partial charge is 0.367 e. The second-order valence-electron chi connectivity index (χ2n) is 10.9. The third kappa shape index (κ3) is 4.56. The fourth-order valence-electron chi connectivity index (χ4n) is 4.62. The van der Waals surface area contributed by atoms with Crippen molar-refractivity contribution in [3.05, 3.63) is 42.7 Å². The lowest BCUT2D eigenvalue weighted by Crippen LogP contribution is -2.44. The minimum Gasteiger partial charge on any atom is -0.367 e. The van der Waals surface area contributed by atoms with Gasteiger partial charge in [-0.25, -0.2) is 19.3 Å². The molecule has 1 aliphatic heterocycles. The molecule has 3 N–H and O–H groups in total. The van der Waals surface area contributed by atoms with Crippen molar-refractivity contribution in [2.45, 2.75) is 20.8 Å². The number of H-pyrrole nitrogens is 2. The minimum atomic E-state index is -0.584. The molecule has 1 aliphatic rings. The second-order valence-corrected chi connectivity index (χ2v) is 10.9. The molecule has 39 heavy (non-hydrogen) atoms. The molecule has 6 rings (SSSR count). The van der Waals surface area contributed by atoms with E-state index in [0.29, 0.717) is 28.4 Å². The molecular weight excluding hydrogens is 499 g/mol. The molecule has 0 saturated carbocycles. The minimum absolute atomic E-state index is 0.165. The van der Waals surface area contributed by atoms with Crippen molar-refractivity contribution in [3.63, 3.8) is 0 Å². The number of likely N-dealkylation sites (N-methyl/N-ethyl adjacent to an activating group) is 1. The van der Waals surface area contributed by atoms with Crippen LogP contribution in [0.1, 0.15) is 20.8 Å². The molecule has 0 radical (unpaired) electrons. The number of imidazole rings is 1. The predicted octanol–water partition coefficient (Wildman–Crippen LogP) is 3.83. The van der Waals surface area contributed by atoms with Gasteiger partial charge in [-0.15, -0.1) is 0 Å². The molecule has 200 valence electrons. The molecule has 1 fully saturated rings. The third-order valence-electron chi connectivity index (χ3n) is 6.96. The van der Waals surface area contributed by atoms with E-state index in [2.05, 4.69) is 57.3 Å². The molecular formula is C27H29FN10O. The summed E-state index contributed by atoms with van der Waals surface area (Å²) in [6.07, 6.45) is 6.22. The summed E-state index contributed by atoms with van der Waals surface area (Å²) in [6, 6.07) is 3.65. The number of aromatic nitrogens is 7. The Kier molecular flexibility index (Phi) is 5.98. The highest BCUT2D eigenvalue weighted by molar-refractivity contribution is 5.97. The van der Waals surface area contributed by atoms with E-state index in [1.165, 1.54) is 18.6 Å². The average Bonchev–Trinajstić information content (AvgIpc) is 3.54. The first kappa shape index (κ1) is 24.9. The predicted molar refractivity (Wildman–Crippen MR) is 148 cm³/mol. The van der Waals surface area contributed by atoms with E-state index in [1.54, 1.807) is 12.3 Å². The maximum Gasteiger partial charge on any atom is 0.229 e. The Bertz CT molecular complexity index is 1690. The molecule has 0 spiro atoms. The highest BCUT2D eigenvalue weighted by Crippen LogP contribution is 2.34. The van der Waals surface area contributed by atoms with Crippen molar-refractivity contribution in [1.82, 2.24) is 40.0 Å². The Morgan fingerprint density at radius 3 is 2.64 bits per heavy atom. The molecule has 1 amide bonds. The number of carbonyl (C=O) groups is 1. The zero-order chi connectivity index (χ0) is 27.3. The molecule has 0 bridgehead atoms. The molecule has 1 saturated heterocycles. The second kappa shape index (κ2) is 9.38. The average molecular weight is 529 g/mol. The van der Waals surface area contributed by atoms with Crippen LogP contribution in [0.15, 0.2) is 36.9 Å². The van der Waals surface area contributed by atoms with E-state index in [1.807, 2.05) is 26.8 Å². The molecule has 0 aliphatic carbocycles. The van der Waals surface area contributed by atoms with E-state index < -0.39 is 11.2 Å². The normalized spacial score (nSPS) is 14.8. The summed E-state index contributed by atoms with van der Waals surface area (Å²) >= 11 is 0. The Balaban J connectivity index is 1.39. The summed E-state index contributed by atoms with van der Waals surface area (Å²) in [5.41, 5.74) is 3.54. The molecule has 0 atom stereocenters. The zero-order valence-electron chi connectivity index (χ0n) is 22.2. The van der Waals surface area contributed by atoms with Gasteiger partial charge in [-0.2, -0.15) is 5.10 Å². The maximum atomic E-state index is 16.1. The number of piperazine rings is 1. The number of hydrogen-bond donors (Lipinski definition) is 3. The maximum absolute atomic E-state index is 16.1. The summed E-state index contributed by atoms with van der Waals surface area (Å²) in [6.45, 7) is 9.17. The first-order valence-corrected chi connectivity index (χ1v) is 12.8. The molecule has 5 aromatic heterocycles. The number of pyridine rings is 3. The monoisotopic (exact) mass is 528 g/mol. The number of amides is 1. The molecule has 12 heteroatoms. The molecule has 5 aromatic rings. The zero-order valence-corrected chi connectivity index (χ0v) is 22.2. The summed E-state index contributed by atoms with van der Waals surface area (Å²) in [7, 11) is 2.11. The summed E-state index contributed by atoms with van der Waals surface area (Å²) in [5, 5.41) is 10.2. The van der Waals surface area contributed by atoms with Gasteiger partial charge in [0, 0.05) is 61.3 Å². The first-order valence-electron chi connectivity index (χ1n) is 12.8. The van der Waals surface area contributed by atoms with E-state index in [-0.39, 0.29) is 22.5 Å². The Labute approximate surface area is 223 Å². The summed E-state index contributed by atoms with van der Waals surface area (Å²) in [4.78, 5) is 38.1. The lowest BCUT2D eigenvalue weighted by molar-refractivity contribution is -0.123. The van der Waals surface area contributed by atoms with Gasteiger partial charge < -0.3 is 20.1 Å². The molecule has 0 aromatic carbocycles. The number of fused-ring (bicyclic) bond motifs is 2. The number of hydrogen-bond acceptors (Lipinski definition) is 8. The fourth-order valence-corrected chi connectivity index (χ4v) is 4.62. The van der Waals surface area contributed by atoms with E-state index in [9.17, 15) is 4.79 Å². The van der Waals surface area contributed by atoms with Gasteiger partial charge >= 0.3 is 0 Å². The van der Waals surface area contributed by atoms with Gasteiger partial charge in [0.15, 0.2) is 17.1 Å². The quantitative estimate of drug-likeness (QED) is 0.321. The van der Waals surface area contributed by atoms with Gasteiger partial charge in [-0.1, -0.05) is 20.8 Å². The van der Waals surface area contributed by atoms with Crippen molar-refractivity contribution in [1.29, 1.82) is 0 Å². The van der Waals surface area contributed by atoms with Crippen molar-refractivity contribution in [2.24, 2.45) is 5.41 Å². The van der Waals surface area contributed by atoms with Crippen LogP contribution in [0.5, 0.6) is 0 Å². The van der Waals surface area contributed by atoms with Crippen LogP contribution in [0.2, 0.25) is 0 Å². The smallest absolute Gasteiger partial charge is 0.229 e. The fraction of sp³-hybridized carbons (Fsp3) is 0.333. The Morgan fingerprint density at radius 1 is 1.08 bits per heavy atom. The number of rotatable bonds is 4. The van der Waals surface area contributed by atoms with Crippen molar-refractivity contribution in [2.75, 3.05) is 43.4 Å². The number of halogens is 1. The summed E-state index contributed by atoms with van der Waals surface area (Å²) in [5.74, 6) is -0.261. The number of carbonyl (C=O) groups excluding carboxylic acids is 1.